The number of nitrogens with zero attached hydrogens (tertiary/aromatic N) is 2. The van der Waals surface area contributed by atoms with Gasteiger partial charge < -0.3 is 14.2 Å². The third-order valence-electron chi connectivity index (χ3n) is 4.62. The maximum Gasteiger partial charge on any atom is 0.416 e. The van der Waals surface area contributed by atoms with E-state index in [1.165, 1.54) is 12.1 Å². The lowest BCUT2D eigenvalue weighted by molar-refractivity contribution is -0.143. The van der Waals surface area contributed by atoms with Crippen molar-refractivity contribution in [3.8, 4) is 0 Å². The van der Waals surface area contributed by atoms with E-state index in [1.54, 1.807) is 6.92 Å². The molecular formula is C18H21F3N2O2. The molecular weight excluding hydrogens is 333 g/mol. The molecule has 0 amide bonds. The number of alkyl halides is 3. The molecule has 1 aromatic carbocycles. The van der Waals surface area contributed by atoms with Gasteiger partial charge in [-0.25, -0.2) is 0 Å². The number of hydrogen-bond acceptors (Lipinski definition) is 3. The van der Waals surface area contributed by atoms with E-state index in [2.05, 4.69) is 4.90 Å². The third kappa shape index (κ3) is 3.51. The third-order valence-corrected chi connectivity index (χ3v) is 4.62. The number of esters is 1. The lowest BCUT2D eigenvalue weighted by atomic mass is 10.0. The zero-order valence-electron chi connectivity index (χ0n) is 14.3. The Hall–Kier alpha value is -2.02. The van der Waals surface area contributed by atoms with Crippen LogP contribution in [0.15, 0.2) is 18.2 Å². The van der Waals surface area contributed by atoms with Crippen LogP contribution in [0.2, 0.25) is 0 Å². The predicted octanol–water partition coefficient (Wildman–Crippen LogP) is 3.60. The van der Waals surface area contributed by atoms with Crippen molar-refractivity contribution in [3.05, 3.63) is 35.0 Å². The van der Waals surface area contributed by atoms with Crippen LogP contribution in [0.25, 0.3) is 10.9 Å². The molecule has 0 fully saturated rings. The van der Waals surface area contributed by atoms with Crippen LogP contribution in [0.5, 0.6) is 0 Å². The first-order valence-corrected chi connectivity index (χ1v) is 8.36. The Bertz CT molecular complexity index is 796. The SMILES string of the molecule is CCOC(=O)CCn1c2c(c3cc(C(F)(F)F)ccc31)CN(C)CC2. The highest BCUT2D eigenvalue weighted by atomic mass is 19.4. The van der Waals surface area contributed by atoms with Gasteiger partial charge in [-0.15, -0.1) is 0 Å². The molecule has 0 bridgehead atoms. The van der Waals surface area contributed by atoms with Crippen molar-refractivity contribution in [1.29, 1.82) is 0 Å². The van der Waals surface area contributed by atoms with Crippen molar-refractivity contribution < 1.29 is 22.7 Å². The van der Waals surface area contributed by atoms with E-state index in [4.69, 9.17) is 4.74 Å². The van der Waals surface area contributed by atoms with Crippen LogP contribution >= 0.6 is 0 Å². The second-order valence-electron chi connectivity index (χ2n) is 6.35. The Morgan fingerprint density at radius 1 is 1.32 bits per heavy atom. The minimum atomic E-state index is -4.37. The van der Waals surface area contributed by atoms with Gasteiger partial charge in [-0.3, -0.25) is 4.79 Å². The standard InChI is InChI=1S/C18H21F3N2O2/c1-3-25-17(24)7-9-23-15-5-4-12(18(19,20)21)10-13(15)14-11-22(2)8-6-16(14)23/h4-5,10H,3,6-9,11H2,1-2H3. The van der Waals surface area contributed by atoms with E-state index in [0.29, 0.717) is 25.1 Å². The average molecular weight is 354 g/mol. The van der Waals surface area contributed by atoms with Crippen LogP contribution in [-0.4, -0.2) is 35.6 Å². The summed E-state index contributed by atoms with van der Waals surface area (Å²) in [5, 5.41) is 0.625. The fraction of sp³-hybridized carbons (Fsp3) is 0.500. The number of hydrogen-bond donors (Lipinski definition) is 0. The van der Waals surface area contributed by atoms with Gasteiger partial charge in [-0.2, -0.15) is 13.2 Å². The summed E-state index contributed by atoms with van der Waals surface area (Å²) in [4.78, 5) is 13.8. The molecule has 1 aliphatic rings. The Morgan fingerprint density at radius 2 is 2.08 bits per heavy atom. The Balaban J connectivity index is 2.05. The van der Waals surface area contributed by atoms with Gasteiger partial charge in [0.2, 0.25) is 0 Å². The topological polar surface area (TPSA) is 34.5 Å². The van der Waals surface area contributed by atoms with Crippen LogP contribution in [-0.2, 0) is 35.2 Å². The number of fused-ring (bicyclic) bond motifs is 3. The highest BCUT2D eigenvalue weighted by Gasteiger charge is 2.32. The molecule has 25 heavy (non-hydrogen) atoms. The molecule has 4 nitrogen and oxygen atoms in total. The smallest absolute Gasteiger partial charge is 0.416 e. The van der Waals surface area contributed by atoms with Crippen LogP contribution < -0.4 is 0 Å². The molecule has 7 heteroatoms. The van der Waals surface area contributed by atoms with E-state index in [-0.39, 0.29) is 12.4 Å². The molecule has 1 aliphatic heterocycles. The first-order valence-electron chi connectivity index (χ1n) is 8.36. The average Bonchev–Trinajstić information content (AvgIpc) is 2.85. The molecule has 0 N–H and O–H groups in total. The fourth-order valence-corrected chi connectivity index (χ4v) is 3.45. The predicted molar refractivity (Wildman–Crippen MR) is 88.2 cm³/mol. The van der Waals surface area contributed by atoms with Crippen molar-refractivity contribution in [2.24, 2.45) is 0 Å². The molecule has 0 aliphatic carbocycles. The molecule has 0 atom stereocenters. The summed E-state index contributed by atoms with van der Waals surface area (Å²) in [6.45, 7) is 3.94. The molecule has 0 saturated heterocycles. The summed E-state index contributed by atoms with van der Waals surface area (Å²) in [5.41, 5.74) is 2.06. The van der Waals surface area contributed by atoms with Gasteiger partial charge in [0.1, 0.15) is 0 Å². The molecule has 2 heterocycles. The number of carbonyl (C=O) groups is 1. The van der Waals surface area contributed by atoms with Gasteiger partial charge in [0.05, 0.1) is 18.6 Å². The van der Waals surface area contributed by atoms with E-state index >= 15 is 0 Å². The molecule has 3 rings (SSSR count). The van der Waals surface area contributed by atoms with Crippen molar-refractivity contribution in [2.45, 2.75) is 39.0 Å². The molecule has 136 valence electrons. The zero-order chi connectivity index (χ0) is 18.2. The van der Waals surface area contributed by atoms with Gasteiger partial charge >= 0.3 is 12.1 Å². The minimum absolute atomic E-state index is 0.209. The molecule has 0 saturated carbocycles. The summed E-state index contributed by atoms with van der Waals surface area (Å²) >= 11 is 0. The van der Waals surface area contributed by atoms with Gasteiger partial charge in [0, 0.05) is 42.7 Å². The van der Waals surface area contributed by atoms with E-state index in [9.17, 15) is 18.0 Å². The minimum Gasteiger partial charge on any atom is -0.466 e. The number of rotatable bonds is 4. The van der Waals surface area contributed by atoms with Gasteiger partial charge in [-0.05, 0) is 37.7 Å². The largest absolute Gasteiger partial charge is 0.466 e. The zero-order valence-corrected chi connectivity index (χ0v) is 14.3. The Morgan fingerprint density at radius 3 is 2.76 bits per heavy atom. The molecule has 0 spiro atoms. The second-order valence-corrected chi connectivity index (χ2v) is 6.35. The number of aryl methyl sites for hydroxylation is 1. The lowest BCUT2D eigenvalue weighted by Gasteiger charge is -2.24. The normalized spacial score (nSPS) is 15.4. The highest BCUT2D eigenvalue weighted by Crippen LogP contribution is 2.36. The number of aromatic nitrogens is 1. The maximum atomic E-state index is 13.1. The van der Waals surface area contributed by atoms with Crippen LogP contribution in [0.4, 0.5) is 13.2 Å². The van der Waals surface area contributed by atoms with Gasteiger partial charge in [0.25, 0.3) is 0 Å². The first-order chi connectivity index (χ1) is 11.8. The molecule has 1 aromatic heterocycles. The second kappa shape index (κ2) is 6.71. The Kier molecular flexibility index (Phi) is 4.77. The number of benzene rings is 1. The van der Waals surface area contributed by atoms with Crippen LogP contribution in [0.3, 0.4) is 0 Å². The summed E-state index contributed by atoms with van der Waals surface area (Å²) < 4.78 is 46.2. The van der Waals surface area contributed by atoms with E-state index in [1.807, 2.05) is 11.6 Å². The number of likely N-dealkylation sites (N-methyl/N-ethyl adjacent to an activating group) is 1. The number of carbonyl (C=O) groups excluding carboxylic acids is 1. The first kappa shape index (κ1) is 17.8. The van der Waals surface area contributed by atoms with Crippen molar-refractivity contribution in [1.82, 2.24) is 9.47 Å². The summed E-state index contributed by atoms with van der Waals surface area (Å²) in [6, 6.07) is 3.86. The summed E-state index contributed by atoms with van der Waals surface area (Å²) in [5.74, 6) is -0.294. The quantitative estimate of drug-likeness (QED) is 0.787. The van der Waals surface area contributed by atoms with E-state index in [0.717, 1.165) is 35.8 Å². The monoisotopic (exact) mass is 354 g/mol. The van der Waals surface area contributed by atoms with Crippen molar-refractivity contribution >= 4 is 16.9 Å². The Labute approximate surface area is 144 Å². The van der Waals surface area contributed by atoms with Gasteiger partial charge in [0.15, 0.2) is 0 Å². The molecule has 2 aromatic rings. The maximum absolute atomic E-state index is 13.1. The van der Waals surface area contributed by atoms with E-state index < -0.39 is 11.7 Å². The van der Waals surface area contributed by atoms with Gasteiger partial charge in [-0.1, -0.05) is 0 Å². The number of halogens is 3. The van der Waals surface area contributed by atoms with Crippen molar-refractivity contribution in [2.75, 3.05) is 20.2 Å². The molecule has 0 radical (unpaired) electrons. The van der Waals surface area contributed by atoms with Crippen LogP contribution in [0.1, 0.15) is 30.2 Å². The fourth-order valence-electron chi connectivity index (χ4n) is 3.45. The summed E-state index contributed by atoms with van der Waals surface area (Å²) in [6.07, 6.45) is -3.40. The highest BCUT2D eigenvalue weighted by molar-refractivity contribution is 5.87. The molecule has 0 unspecified atom stereocenters. The lowest BCUT2D eigenvalue weighted by Crippen LogP contribution is -2.27. The van der Waals surface area contributed by atoms with Crippen LogP contribution in [0, 0.1) is 0 Å². The van der Waals surface area contributed by atoms with Crippen molar-refractivity contribution in [3.63, 3.8) is 0 Å². The summed E-state index contributed by atoms with van der Waals surface area (Å²) in [7, 11) is 1.96. The number of ether oxygens (including phenoxy) is 1.